The maximum absolute atomic E-state index is 10.7. The van der Waals surface area contributed by atoms with Crippen molar-refractivity contribution in [1.29, 1.82) is 0 Å². The highest BCUT2D eigenvalue weighted by molar-refractivity contribution is 5.77. The zero-order chi connectivity index (χ0) is 14.9. The van der Waals surface area contributed by atoms with Crippen LogP contribution in [0.2, 0.25) is 0 Å². The average Bonchev–Trinajstić information content (AvgIpc) is 2.47. The molecule has 0 N–H and O–H groups in total. The highest BCUT2D eigenvalue weighted by Crippen LogP contribution is 2.10. The Morgan fingerprint density at radius 2 is 1.50 bits per heavy atom. The molecule has 0 spiro atoms. The molecule has 114 valence electrons. The zero-order valence-electron chi connectivity index (χ0n) is 13.4. The smallest absolute Gasteiger partial charge is 0.150 e. The van der Waals surface area contributed by atoms with Crippen LogP contribution in [0.3, 0.4) is 0 Å². The van der Waals surface area contributed by atoms with E-state index in [1.807, 2.05) is 31.2 Å². The third kappa shape index (κ3) is 13.3. The summed E-state index contributed by atoms with van der Waals surface area (Å²) in [7, 11) is 0. The van der Waals surface area contributed by atoms with Crippen molar-refractivity contribution in [3.05, 3.63) is 36.0 Å². The van der Waals surface area contributed by atoms with E-state index in [2.05, 4.69) is 13.0 Å². The molecule has 0 atom stereocenters. The standard InChI is InChI=1S/C19H32O/c1-3-5-6-7-8-9-10-11-12-13-14-15-17-19(18-20)16-4-2/h4,14-18H,3,5-13H2,1-2H3. The van der Waals surface area contributed by atoms with Crippen LogP contribution in [0.25, 0.3) is 0 Å². The SMILES string of the molecule is CC=CC(C=O)=CC=CCCCCCCCCCCC. The van der Waals surface area contributed by atoms with Crippen molar-refractivity contribution in [1.82, 2.24) is 0 Å². The molecule has 0 fully saturated rings. The van der Waals surface area contributed by atoms with Gasteiger partial charge >= 0.3 is 0 Å². The normalized spacial score (nSPS) is 12.6. The summed E-state index contributed by atoms with van der Waals surface area (Å²) in [6.45, 7) is 4.18. The van der Waals surface area contributed by atoms with Crippen molar-refractivity contribution in [3.63, 3.8) is 0 Å². The van der Waals surface area contributed by atoms with Crippen LogP contribution in [0, 0.1) is 0 Å². The summed E-state index contributed by atoms with van der Waals surface area (Å²) in [6, 6.07) is 0. The molecule has 0 aliphatic heterocycles. The van der Waals surface area contributed by atoms with Crippen LogP contribution in [-0.2, 0) is 4.79 Å². The summed E-state index contributed by atoms with van der Waals surface area (Å²) in [4.78, 5) is 10.7. The van der Waals surface area contributed by atoms with Crippen LogP contribution in [0.4, 0.5) is 0 Å². The van der Waals surface area contributed by atoms with Gasteiger partial charge in [-0.3, -0.25) is 4.79 Å². The predicted molar refractivity (Wildman–Crippen MR) is 89.9 cm³/mol. The largest absolute Gasteiger partial charge is 0.298 e. The second-order valence-corrected chi connectivity index (χ2v) is 5.33. The molecule has 0 aliphatic rings. The molecule has 0 radical (unpaired) electrons. The average molecular weight is 276 g/mol. The Bertz CT molecular complexity index is 297. The molecule has 0 aromatic rings. The van der Waals surface area contributed by atoms with Gasteiger partial charge in [-0.25, -0.2) is 0 Å². The van der Waals surface area contributed by atoms with Crippen LogP contribution >= 0.6 is 0 Å². The van der Waals surface area contributed by atoms with Crippen LogP contribution in [0.5, 0.6) is 0 Å². The van der Waals surface area contributed by atoms with E-state index in [0.29, 0.717) is 0 Å². The van der Waals surface area contributed by atoms with E-state index in [9.17, 15) is 4.79 Å². The Labute approximate surface area is 125 Å². The number of carbonyl (C=O) groups is 1. The topological polar surface area (TPSA) is 17.1 Å². The molecule has 0 amide bonds. The lowest BCUT2D eigenvalue weighted by Crippen LogP contribution is -1.80. The molecule has 1 heteroatoms. The number of unbranched alkanes of at least 4 members (excludes halogenated alkanes) is 9. The second-order valence-electron chi connectivity index (χ2n) is 5.33. The maximum Gasteiger partial charge on any atom is 0.150 e. The molecular formula is C19H32O. The van der Waals surface area contributed by atoms with Gasteiger partial charge in [0.25, 0.3) is 0 Å². The molecule has 0 bridgehead atoms. The molecular weight excluding hydrogens is 244 g/mol. The lowest BCUT2D eigenvalue weighted by Gasteiger charge is -2.00. The summed E-state index contributed by atoms with van der Waals surface area (Å²) in [5, 5.41) is 0. The van der Waals surface area contributed by atoms with E-state index in [1.165, 1.54) is 57.8 Å². The van der Waals surface area contributed by atoms with Crippen molar-refractivity contribution in [3.8, 4) is 0 Å². The van der Waals surface area contributed by atoms with Gasteiger partial charge in [-0.1, -0.05) is 88.7 Å². The first-order valence-electron chi connectivity index (χ1n) is 8.29. The van der Waals surface area contributed by atoms with Crippen molar-refractivity contribution in [2.75, 3.05) is 0 Å². The van der Waals surface area contributed by atoms with Crippen molar-refractivity contribution >= 4 is 6.29 Å². The molecule has 0 aliphatic carbocycles. The number of hydrogen-bond acceptors (Lipinski definition) is 1. The number of rotatable bonds is 13. The molecule has 0 aromatic heterocycles. The molecule has 0 heterocycles. The predicted octanol–water partition coefficient (Wildman–Crippen LogP) is 6.16. The Morgan fingerprint density at radius 3 is 2.05 bits per heavy atom. The third-order valence-electron chi connectivity index (χ3n) is 3.39. The van der Waals surface area contributed by atoms with E-state index in [1.54, 1.807) is 0 Å². The molecule has 0 saturated carbocycles. The number of carbonyl (C=O) groups excluding carboxylic acids is 1. The van der Waals surface area contributed by atoms with E-state index < -0.39 is 0 Å². The van der Waals surface area contributed by atoms with Gasteiger partial charge in [0, 0.05) is 5.57 Å². The third-order valence-corrected chi connectivity index (χ3v) is 3.39. The van der Waals surface area contributed by atoms with E-state index in [0.717, 1.165) is 18.3 Å². The van der Waals surface area contributed by atoms with Crippen LogP contribution in [-0.4, -0.2) is 6.29 Å². The van der Waals surface area contributed by atoms with Gasteiger partial charge in [-0.15, -0.1) is 0 Å². The van der Waals surface area contributed by atoms with E-state index >= 15 is 0 Å². The van der Waals surface area contributed by atoms with Gasteiger partial charge in [-0.2, -0.15) is 0 Å². The Balaban J connectivity index is 3.41. The molecule has 20 heavy (non-hydrogen) atoms. The maximum atomic E-state index is 10.7. The molecule has 0 unspecified atom stereocenters. The summed E-state index contributed by atoms with van der Waals surface area (Å²) < 4.78 is 0. The number of allylic oxidation sites excluding steroid dienone is 6. The van der Waals surface area contributed by atoms with Gasteiger partial charge < -0.3 is 0 Å². The second kappa shape index (κ2) is 15.9. The fourth-order valence-electron chi connectivity index (χ4n) is 2.17. The fourth-order valence-corrected chi connectivity index (χ4v) is 2.17. The Morgan fingerprint density at radius 1 is 0.900 bits per heavy atom. The van der Waals surface area contributed by atoms with Crippen molar-refractivity contribution in [2.45, 2.75) is 78.1 Å². The first kappa shape index (κ1) is 18.9. The van der Waals surface area contributed by atoms with Crippen LogP contribution < -0.4 is 0 Å². The Kier molecular flexibility index (Phi) is 15.1. The highest BCUT2D eigenvalue weighted by atomic mass is 16.1. The monoisotopic (exact) mass is 276 g/mol. The lowest BCUT2D eigenvalue weighted by molar-refractivity contribution is -0.104. The van der Waals surface area contributed by atoms with Gasteiger partial charge in [0.2, 0.25) is 0 Å². The summed E-state index contributed by atoms with van der Waals surface area (Å²) in [6.07, 6.45) is 24.1. The van der Waals surface area contributed by atoms with Gasteiger partial charge in [0.15, 0.2) is 0 Å². The number of aldehydes is 1. The minimum absolute atomic E-state index is 0.732. The van der Waals surface area contributed by atoms with Crippen LogP contribution in [0.15, 0.2) is 36.0 Å². The highest BCUT2D eigenvalue weighted by Gasteiger charge is 1.91. The van der Waals surface area contributed by atoms with Gasteiger partial charge in [-0.05, 0) is 19.8 Å². The van der Waals surface area contributed by atoms with Gasteiger partial charge in [0.1, 0.15) is 6.29 Å². The lowest BCUT2D eigenvalue weighted by atomic mass is 10.1. The number of hydrogen-bond donors (Lipinski definition) is 0. The van der Waals surface area contributed by atoms with E-state index in [-0.39, 0.29) is 0 Å². The molecule has 1 nitrogen and oxygen atoms in total. The minimum Gasteiger partial charge on any atom is -0.298 e. The quantitative estimate of drug-likeness (QED) is 0.170. The Hall–Kier alpha value is -1.11. The summed E-state index contributed by atoms with van der Waals surface area (Å²) in [5.74, 6) is 0. The summed E-state index contributed by atoms with van der Waals surface area (Å²) in [5.41, 5.74) is 0.732. The minimum atomic E-state index is 0.732. The zero-order valence-corrected chi connectivity index (χ0v) is 13.4. The summed E-state index contributed by atoms with van der Waals surface area (Å²) >= 11 is 0. The molecule has 0 saturated heterocycles. The van der Waals surface area contributed by atoms with E-state index in [4.69, 9.17) is 0 Å². The van der Waals surface area contributed by atoms with Crippen molar-refractivity contribution < 1.29 is 4.79 Å². The molecule has 0 rings (SSSR count). The van der Waals surface area contributed by atoms with Crippen molar-refractivity contribution in [2.24, 2.45) is 0 Å². The van der Waals surface area contributed by atoms with Gasteiger partial charge in [0.05, 0.1) is 0 Å². The first-order valence-corrected chi connectivity index (χ1v) is 8.29. The first-order chi connectivity index (χ1) is 9.85. The molecule has 0 aromatic carbocycles. The fraction of sp³-hybridized carbons (Fsp3) is 0.632. The van der Waals surface area contributed by atoms with Crippen LogP contribution in [0.1, 0.15) is 78.1 Å².